The molecule has 2 aromatic carbocycles. The van der Waals surface area contributed by atoms with Gasteiger partial charge in [0.2, 0.25) is 0 Å². The Bertz CT molecular complexity index is 889. The van der Waals surface area contributed by atoms with E-state index in [1.54, 1.807) is 6.07 Å². The number of nitrogens with zero attached hydrogens (tertiary/aromatic N) is 1. The molecule has 3 nitrogen and oxygen atoms in total. The molecule has 0 spiro atoms. The molecule has 1 heterocycles. The smallest absolute Gasteiger partial charge is 0.252 e. The average molecular weight is 323 g/mol. The first kappa shape index (κ1) is 14.2. The fourth-order valence-electron chi connectivity index (χ4n) is 2.65. The van der Waals surface area contributed by atoms with Crippen LogP contribution in [-0.4, -0.2) is 16.9 Å². The molecule has 1 aromatic heterocycles. The van der Waals surface area contributed by atoms with Gasteiger partial charge in [-0.2, -0.15) is 0 Å². The van der Waals surface area contributed by atoms with E-state index >= 15 is 0 Å². The van der Waals surface area contributed by atoms with Gasteiger partial charge >= 0.3 is 0 Å². The molecular weight excluding hydrogens is 308 g/mol. The van der Waals surface area contributed by atoms with Gasteiger partial charge in [0.15, 0.2) is 0 Å². The topological polar surface area (TPSA) is 42.0 Å². The van der Waals surface area contributed by atoms with Gasteiger partial charge in [-0.1, -0.05) is 54.1 Å². The van der Waals surface area contributed by atoms with Crippen LogP contribution in [0, 0.1) is 0 Å². The van der Waals surface area contributed by atoms with E-state index in [9.17, 15) is 4.79 Å². The number of halogens is 1. The Morgan fingerprint density at radius 2 is 1.87 bits per heavy atom. The number of hydrogen-bond donors (Lipinski definition) is 1. The first-order chi connectivity index (χ1) is 11.2. The van der Waals surface area contributed by atoms with Crippen LogP contribution < -0.4 is 5.32 Å². The zero-order valence-electron chi connectivity index (χ0n) is 12.4. The van der Waals surface area contributed by atoms with Gasteiger partial charge in [0, 0.05) is 17.0 Å². The van der Waals surface area contributed by atoms with Gasteiger partial charge in [0.25, 0.3) is 5.91 Å². The molecule has 1 amide bonds. The fourth-order valence-corrected chi connectivity index (χ4v) is 2.87. The van der Waals surface area contributed by atoms with Crippen LogP contribution in [0.2, 0.25) is 5.02 Å². The van der Waals surface area contributed by atoms with E-state index in [-0.39, 0.29) is 5.91 Å². The van der Waals surface area contributed by atoms with Gasteiger partial charge in [-0.25, -0.2) is 4.98 Å². The lowest BCUT2D eigenvalue weighted by atomic mass is 10.0. The number of aromatic nitrogens is 1. The van der Waals surface area contributed by atoms with Gasteiger partial charge in [0.05, 0.1) is 21.8 Å². The van der Waals surface area contributed by atoms with Crippen molar-refractivity contribution in [1.29, 1.82) is 0 Å². The summed E-state index contributed by atoms with van der Waals surface area (Å²) in [6, 6.07) is 17.5. The lowest BCUT2D eigenvalue weighted by Crippen LogP contribution is -2.25. The van der Waals surface area contributed by atoms with Crippen LogP contribution >= 0.6 is 11.6 Å². The highest BCUT2D eigenvalue weighted by atomic mass is 35.5. The molecule has 4 heteroatoms. The zero-order chi connectivity index (χ0) is 15.8. The van der Waals surface area contributed by atoms with E-state index in [2.05, 4.69) is 10.3 Å². The predicted molar refractivity (Wildman–Crippen MR) is 92.7 cm³/mol. The second-order valence-electron chi connectivity index (χ2n) is 5.80. The molecule has 1 N–H and O–H groups in total. The highest BCUT2D eigenvalue weighted by Gasteiger charge is 2.25. The van der Waals surface area contributed by atoms with E-state index in [1.165, 1.54) is 0 Å². The lowest BCUT2D eigenvalue weighted by molar-refractivity contribution is 0.0952. The molecular formula is C19H15ClN2O. The molecule has 23 heavy (non-hydrogen) atoms. The van der Waals surface area contributed by atoms with Crippen LogP contribution in [0.5, 0.6) is 0 Å². The van der Waals surface area contributed by atoms with Crippen LogP contribution in [-0.2, 0) is 0 Å². The number of fused-ring (bicyclic) bond motifs is 1. The van der Waals surface area contributed by atoms with Crippen molar-refractivity contribution in [2.75, 3.05) is 0 Å². The van der Waals surface area contributed by atoms with Crippen LogP contribution in [0.1, 0.15) is 23.2 Å². The van der Waals surface area contributed by atoms with Crippen molar-refractivity contribution in [2.45, 2.75) is 18.9 Å². The molecule has 4 rings (SSSR count). The van der Waals surface area contributed by atoms with Crippen molar-refractivity contribution < 1.29 is 4.79 Å². The van der Waals surface area contributed by atoms with Crippen LogP contribution in [0.3, 0.4) is 0 Å². The third-order valence-electron chi connectivity index (χ3n) is 4.02. The summed E-state index contributed by atoms with van der Waals surface area (Å²) in [5, 5.41) is 4.39. The number of benzene rings is 2. The summed E-state index contributed by atoms with van der Waals surface area (Å²) in [5.41, 5.74) is 3.02. The molecule has 0 saturated heterocycles. The molecule has 0 unspecified atom stereocenters. The Morgan fingerprint density at radius 3 is 2.61 bits per heavy atom. The summed E-state index contributed by atoms with van der Waals surface area (Å²) in [6.45, 7) is 0. The van der Waals surface area contributed by atoms with E-state index in [0.717, 1.165) is 29.5 Å². The van der Waals surface area contributed by atoms with E-state index < -0.39 is 0 Å². The summed E-state index contributed by atoms with van der Waals surface area (Å²) in [5.74, 6) is -0.0562. The summed E-state index contributed by atoms with van der Waals surface area (Å²) in [4.78, 5) is 17.3. The number of carbonyl (C=O) groups is 1. The molecule has 0 aliphatic heterocycles. The van der Waals surface area contributed by atoms with E-state index in [0.29, 0.717) is 22.1 Å². The summed E-state index contributed by atoms with van der Waals surface area (Å²) < 4.78 is 0. The molecule has 1 aliphatic rings. The average Bonchev–Trinajstić information content (AvgIpc) is 3.39. The van der Waals surface area contributed by atoms with Gasteiger partial charge in [-0.3, -0.25) is 4.79 Å². The monoisotopic (exact) mass is 322 g/mol. The van der Waals surface area contributed by atoms with Crippen molar-refractivity contribution in [3.05, 3.63) is 65.2 Å². The minimum absolute atomic E-state index is 0.0562. The number of carbonyl (C=O) groups excluding carboxylic acids is 1. The Kier molecular flexibility index (Phi) is 3.50. The van der Waals surface area contributed by atoms with Crippen molar-refractivity contribution in [1.82, 2.24) is 10.3 Å². The van der Waals surface area contributed by atoms with Crippen molar-refractivity contribution in [2.24, 2.45) is 0 Å². The van der Waals surface area contributed by atoms with Gasteiger partial charge < -0.3 is 5.32 Å². The number of rotatable bonds is 3. The Morgan fingerprint density at radius 1 is 1.09 bits per heavy atom. The Balaban J connectivity index is 1.91. The molecule has 0 radical (unpaired) electrons. The number of amides is 1. The third kappa shape index (κ3) is 2.80. The molecule has 1 aliphatic carbocycles. The van der Waals surface area contributed by atoms with Crippen LogP contribution in [0.4, 0.5) is 0 Å². The van der Waals surface area contributed by atoms with Crippen molar-refractivity contribution >= 4 is 28.4 Å². The fraction of sp³-hybridized carbons (Fsp3) is 0.158. The molecule has 1 saturated carbocycles. The molecule has 3 aromatic rings. The maximum atomic E-state index is 12.6. The number of hydrogen-bond acceptors (Lipinski definition) is 2. The first-order valence-electron chi connectivity index (χ1n) is 7.68. The van der Waals surface area contributed by atoms with Crippen LogP contribution in [0.15, 0.2) is 54.6 Å². The lowest BCUT2D eigenvalue weighted by Gasteiger charge is -2.11. The van der Waals surface area contributed by atoms with Crippen molar-refractivity contribution in [3.8, 4) is 11.3 Å². The third-order valence-corrected chi connectivity index (χ3v) is 4.32. The molecule has 1 fully saturated rings. The molecule has 0 atom stereocenters. The van der Waals surface area contributed by atoms with Crippen LogP contribution in [0.25, 0.3) is 22.2 Å². The normalized spacial score (nSPS) is 14.0. The Hall–Kier alpha value is -2.39. The highest BCUT2D eigenvalue weighted by molar-refractivity contribution is 6.35. The minimum atomic E-state index is -0.0562. The number of para-hydroxylation sites is 1. The second-order valence-corrected chi connectivity index (χ2v) is 6.21. The van der Waals surface area contributed by atoms with E-state index in [1.807, 2.05) is 48.5 Å². The quantitative estimate of drug-likeness (QED) is 0.774. The maximum Gasteiger partial charge on any atom is 0.252 e. The Labute approximate surface area is 139 Å². The first-order valence-corrected chi connectivity index (χ1v) is 8.06. The summed E-state index contributed by atoms with van der Waals surface area (Å²) in [6.07, 6.45) is 2.11. The molecule has 0 bridgehead atoms. The standard InChI is InChI=1S/C19H15ClN2O/c20-16-8-4-7-14-15(19(23)21-13-9-10-13)11-17(22-18(14)16)12-5-2-1-3-6-12/h1-8,11,13H,9-10H2,(H,21,23). The summed E-state index contributed by atoms with van der Waals surface area (Å²) >= 11 is 6.32. The minimum Gasteiger partial charge on any atom is -0.349 e. The second kappa shape index (κ2) is 5.67. The van der Waals surface area contributed by atoms with E-state index in [4.69, 9.17) is 11.6 Å². The zero-order valence-corrected chi connectivity index (χ0v) is 13.2. The van der Waals surface area contributed by atoms with Gasteiger partial charge in [-0.15, -0.1) is 0 Å². The molecule has 114 valence electrons. The SMILES string of the molecule is O=C(NC1CC1)c1cc(-c2ccccc2)nc2c(Cl)cccc12. The number of nitrogens with one attached hydrogen (secondary N) is 1. The highest BCUT2D eigenvalue weighted by Crippen LogP contribution is 2.29. The predicted octanol–water partition coefficient (Wildman–Crippen LogP) is 4.45. The van der Waals surface area contributed by atoms with Gasteiger partial charge in [0.1, 0.15) is 0 Å². The van der Waals surface area contributed by atoms with Gasteiger partial charge in [-0.05, 0) is 25.0 Å². The largest absolute Gasteiger partial charge is 0.349 e. The number of pyridine rings is 1. The summed E-state index contributed by atoms with van der Waals surface area (Å²) in [7, 11) is 0. The maximum absolute atomic E-state index is 12.6. The van der Waals surface area contributed by atoms with Crippen molar-refractivity contribution in [3.63, 3.8) is 0 Å².